The predicted octanol–water partition coefficient (Wildman–Crippen LogP) is 3.73. The molecule has 6 heteroatoms. The molecule has 0 radical (unpaired) electrons. The second kappa shape index (κ2) is 7.40. The summed E-state index contributed by atoms with van der Waals surface area (Å²) < 4.78 is 5.06. The van der Waals surface area contributed by atoms with Crippen LogP contribution in [-0.4, -0.2) is 22.7 Å². The second-order valence-electron chi connectivity index (χ2n) is 5.36. The molecule has 116 valence electrons. The molecule has 0 bridgehead atoms. The minimum absolute atomic E-state index is 0.314. The summed E-state index contributed by atoms with van der Waals surface area (Å²) in [5.74, 6) is 1.04. The lowest BCUT2D eigenvalue weighted by atomic mass is 10.2. The molecule has 6 nitrogen and oxygen atoms in total. The Labute approximate surface area is 129 Å². The number of benzene rings is 1. The van der Waals surface area contributed by atoms with Crippen molar-refractivity contribution in [3.8, 4) is 0 Å². The fourth-order valence-electron chi connectivity index (χ4n) is 1.70. The van der Waals surface area contributed by atoms with Crippen LogP contribution >= 0.6 is 0 Å². The zero-order valence-electron chi connectivity index (χ0n) is 13.0. The van der Waals surface area contributed by atoms with Crippen molar-refractivity contribution in [3.05, 3.63) is 42.4 Å². The van der Waals surface area contributed by atoms with Gasteiger partial charge in [0.15, 0.2) is 0 Å². The Morgan fingerprint density at radius 2 is 1.86 bits per heavy atom. The Bertz CT molecular complexity index is 626. The highest BCUT2D eigenvalue weighted by molar-refractivity contribution is 5.84. The number of carbonyl (C=O) groups is 1. The lowest BCUT2D eigenvalue weighted by Crippen LogP contribution is -2.16. The number of hydrogen-bond acceptors (Lipinski definition) is 5. The van der Waals surface area contributed by atoms with Crippen LogP contribution in [0, 0.1) is 12.8 Å². The van der Waals surface area contributed by atoms with E-state index in [-0.39, 0.29) is 0 Å². The summed E-state index contributed by atoms with van der Waals surface area (Å²) >= 11 is 0. The monoisotopic (exact) mass is 300 g/mol. The van der Waals surface area contributed by atoms with Gasteiger partial charge in [0.05, 0.1) is 6.61 Å². The van der Waals surface area contributed by atoms with Gasteiger partial charge in [0.25, 0.3) is 0 Å². The first kappa shape index (κ1) is 15.8. The maximum Gasteiger partial charge on any atom is 0.411 e. The number of amides is 1. The molecule has 1 amide bonds. The van der Waals surface area contributed by atoms with E-state index in [9.17, 15) is 4.79 Å². The summed E-state index contributed by atoms with van der Waals surface area (Å²) in [6.07, 6.45) is 1.07. The van der Waals surface area contributed by atoms with Crippen LogP contribution in [0.4, 0.5) is 22.0 Å². The molecule has 2 aromatic rings. The average Bonchev–Trinajstić information content (AvgIpc) is 2.47. The van der Waals surface area contributed by atoms with Gasteiger partial charge in [-0.05, 0) is 37.1 Å². The van der Waals surface area contributed by atoms with Gasteiger partial charge < -0.3 is 10.1 Å². The fraction of sp³-hybridized carbons (Fsp3) is 0.312. The number of nitrogens with zero attached hydrogens (tertiary/aromatic N) is 2. The Kier molecular flexibility index (Phi) is 5.30. The van der Waals surface area contributed by atoms with E-state index >= 15 is 0 Å². The average molecular weight is 300 g/mol. The highest BCUT2D eigenvalue weighted by Gasteiger charge is 2.04. The number of ether oxygens (including phenoxy) is 1. The Hall–Kier alpha value is -2.63. The number of rotatable bonds is 5. The third-order valence-electron chi connectivity index (χ3n) is 2.76. The van der Waals surface area contributed by atoms with Crippen LogP contribution in [0.2, 0.25) is 0 Å². The molecule has 1 heterocycles. The van der Waals surface area contributed by atoms with E-state index in [4.69, 9.17) is 4.74 Å². The van der Waals surface area contributed by atoms with Gasteiger partial charge in [0.2, 0.25) is 0 Å². The zero-order valence-corrected chi connectivity index (χ0v) is 13.0. The molecule has 0 spiro atoms. The smallest absolute Gasteiger partial charge is 0.411 e. The van der Waals surface area contributed by atoms with E-state index in [1.54, 1.807) is 12.1 Å². The maximum absolute atomic E-state index is 11.6. The quantitative estimate of drug-likeness (QED) is 0.879. The van der Waals surface area contributed by atoms with Crippen LogP contribution in [0.3, 0.4) is 0 Å². The molecule has 1 aromatic heterocycles. The molecule has 2 N–H and O–H groups in total. The highest BCUT2D eigenvalue weighted by Crippen LogP contribution is 2.17. The Balaban J connectivity index is 1.91. The number of hydrogen-bond donors (Lipinski definition) is 2. The van der Waals surface area contributed by atoms with E-state index in [0.717, 1.165) is 17.2 Å². The predicted molar refractivity (Wildman–Crippen MR) is 86.3 cm³/mol. The van der Waals surface area contributed by atoms with Crippen molar-refractivity contribution in [1.29, 1.82) is 0 Å². The zero-order chi connectivity index (χ0) is 15.9. The van der Waals surface area contributed by atoms with Gasteiger partial charge in [0, 0.05) is 23.1 Å². The molecule has 0 aliphatic carbocycles. The first-order valence-electron chi connectivity index (χ1n) is 7.12. The van der Waals surface area contributed by atoms with E-state index in [0.29, 0.717) is 18.2 Å². The van der Waals surface area contributed by atoms with Crippen molar-refractivity contribution >= 4 is 23.3 Å². The standard InChI is InChI=1S/C16H20N4O2/c1-11(2)9-22-16(21)20-14-6-4-13(5-7-14)19-15-8-12(3)17-10-18-15/h4-8,10-11H,9H2,1-3H3,(H,20,21)(H,17,18,19). The summed E-state index contributed by atoms with van der Waals surface area (Å²) in [5.41, 5.74) is 2.45. The minimum atomic E-state index is -0.444. The molecule has 0 atom stereocenters. The van der Waals surface area contributed by atoms with Gasteiger partial charge >= 0.3 is 6.09 Å². The topological polar surface area (TPSA) is 76.1 Å². The van der Waals surface area contributed by atoms with Gasteiger partial charge in [-0.25, -0.2) is 14.8 Å². The van der Waals surface area contributed by atoms with Gasteiger partial charge in [-0.1, -0.05) is 13.8 Å². The number of aryl methyl sites for hydroxylation is 1. The normalized spacial score (nSPS) is 10.4. The van der Waals surface area contributed by atoms with Crippen molar-refractivity contribution in [1.82, 2.24) is 9.97 Å². The molecule has 2 rings (SSSR count). The van der Waals surface area contributed by atoms with Crippen molar-refractivity contribution < 1.29 is 9.53 Å². The van der Waals surface area contributed by atoms with Crippen LogP contribution in [0.15, 0.2) is 36.7 Å². The maximum atomic E-state index is 11.6. The molecule has 0 saturated heterocycles. The SMILES string of the molecule is Cc1cc(Nc2ccc(NC(=O)OCC(C)C)cc2)ncn1. The van der Waals surface area contributed by atoms with Crippen LogP contribution < -0.4 is 10.6 Å². The molecule has 0 fully saturated rings. The van der Waals surface area contributed by atoms with Crippen molar-refractivity contribution in [3.63, 3.8) is 0 Å². The third kappa shape index (κ3) is 5.05. The van der Waals surface area contributed by atoms with Crippen LogP contribution in [-0.2, 0) is 4.74 Å². The molecule has 0 unspecified atom stereocenters. The molecule has 0 aliphatic rings. The van der Waals surface area contributed by atoms with Gasteiger partial charge in [0.1, 0.15) is 12.1 Å². The van der Waals surface area contributed by atoms with Crippen LogP contribution in [0.25, 0.3) is 0 Å². The summed E-state index contributed by atoms with van der Waals surface area (Å²) in [4.78, 5) is 19.7. The Morgan fingerprint density at radius 1 is 1.18 bits per heavy atom. The minimum Gasteiger partial charge on any atom is -0.449 e. The summed E-state index contributed by atoms with van der Waals surface area (Å²) in [6, 6.07) is 9.17. The fourth-order valence-corrected chi connectivity index (χ4v) is 1.70. The molecule has 22 heavy (non-hydrogen) atoms. The van der Waals surface area contributed by atoms with Crippen molar-refractivity contribution in [2.45, 2.75) is 20.8 Å². The summed E-state index contributed by atoms with van der Waals surface area (Å²) in [5, 5.41) is 5.85. The van der Waals surface area contributed by atoms with Crippen LogP contribution in [0.1, 0.15) is 19.5 Å². The van der Waals surface area contributed by atoms with Gasteiger partial charge in [-0.15, -0.1) is 0 Å². The Morgan fingerprint density at radius 3 is 2.50 bits per heavy atom. The number of aromatic nitrogens is 2. The molecular weight excluding hydrogens is 280 g/mol. The van der Waals surface area contributed by atoms with Crippen LogP contribution in [0.5, 0.6) is 0 Å². The van der Waals surface area contributed by atoms with Gasteiger partial charge in [-0.2, -0.15) is 0 Å². The molecule has 1 aromatic carbocycles. The first-order chi connectivity index (χ1) is 10.5. The van der Waals surface area contributed by atoms with E-state index < -0.39 is 6.09 Å². The molecule has 0 saturated carbocycles. The summed E-state index contributed by atoms with van der Waals surface area (Å²) in [7, 11) is 0. The first-order valence-corrected chi connectivity index (χ1v) is 7.12. The third-order valence-corrected chi connectivity index (χ3v) is 2.76. The summed E-state index contributed by atoms with van der Waals surface area (Å²) in [6.45, 7) is 6.28. The van der Waals surface area contributed by atoms with Gasteiger partial charge in [-0.3, -0.25) is 5.32 Å². The number of nitrogens with one attached hydrogen (secondary N) is 2. The van der Waals surface area contributed by atoms with E-state index in [1.807, 2.05) is 39.0 Å². The van der Waals surface area contributed by atoms with E-state index in [1.165, 1.54) is 6.33 Å². The van der Waals surface area contributed by atoms with E-state index in [2.05, 4.69) is 20.6 Å². The van der Waals surface area contributed by atoms with Crippen molar-refractivity contribution in [2.24, 2.45) is 5.92 Å². The molecule has 0 aliphatic heterocycles. The lowest BCUT2D eigenvalue weighted by Gasteiger charge is -2.10. The lowest BCUT2D eigenvalue weighted by molar-refractivity contribution is 0.147. The largest absolute Gasteiger partial charge is 0.449 e. The highest BCUT2D eigenvalue weighted by atomic mass is 16.5. The van der Waals surface area contributed by atoms with Crippen molar-refractivity contribution in [2.75, 3.05) is 17.2 Å². The molecular formula is C16H20N4O2. The second-order valence-corrected chi connectivity index (χ2v) is 5.36. The number of carbonyl (C=O) groups excluding carboxylic acids is 1. The number of anilines is 3.